The Hall–Kier alpha value is -3.67. The number of ether oxygens (including phenoxy) is 1. The molecule has 0 fully saturated rings. The first-order valence-corrected chi connectivity index (χ1v) is 15.2. The summed E-state index contributed by atoms with van der Waals surface area (Å²) in [5.41, 5.74) is 10.9. The van der Waals surface area contributed by atoms with Gasteiger partial charge in [-0.2, -0.15) is 8.42 Å². The monoisotopic (exact) mass is 552 g/mol. The van der Waals surface area contributed by atoms with Crippen LogP contribution in [0.25, 0.3) is 11.1 Å². The van der Waals surface area contributed by atoms with Gasteiger partial charge in [0.15, 0.2) is 0 Å². The highest BCUT2D eigenvalue weighted by Gasteiger charge is 2.22. The minimum absolute atomic E-state index is 0.0916. The third kappa shape index (κ3) is 6.06. The SMILES string of the molecule is COc1ccc2c(c1)CCC(c1ccc(C(C)C)cc1)=C2c1ccc(CCOS(=O)(=O)c2ccc(C)cc2)cc1. The van der Waals surface area contributed by atoms with Crippen molar-refractivity contribution in [1.29, 1.82) is 0 Å². The lowest BCUT2D eigenvalue weighted by atomic mass is 9.79. The van der Waals surface area contributed by atoms with Gasteiger partial charge in [0, 0.05) is 0 Å². The smallest absolute Gasteiger partial charge is 0.296 e. The Bertz CT molecular complexity index is 1610. The van der Waals surface area contributed by atoms with Crippen molar-refractivity contribution in [2.45, 2.75) is 50.8 Å². The lowest BCUT2D eigenvalue weighted by molar-refractivity contribution is 0.322. The molecule has 1 aliphatic rings. The van der Waals surface area contributed by atoms with Crippen LogP contribution in [0, 0.1) is 6.92 Å². The number of benzene rings is 4. The maximum atomic E-state index is 12.5. The van der Waals surface area contributed by atoms with Gasteiger partial charge < -0.3 is 4.74 Å². The van der Waals surface area contributed by atoms with Crippen LogP contribution in [-0.4, -0.2) is 22.1 Å². The highest BCUT2D eigenvalue weighted by Crippen LogP contribution is 2.42. The molecule has 5 heteroatoms. The van der Waals surface area contributed by atoms with Crippen molar-refractivity contribution in [3.63, 3.8) is 0 Å². The topological polar surface area (TPSA) is 52.6 Å². The second kappa shape index (κ2) is 11.8. The van der Waals surface area contributed by atoms with Gasteiger partial charge in [-0.15, -0.1) is 0 Å². The minimum atomic E-state index is -3.78. The van der Waals surface area contributed by atoms with Crippen LogP contribution in [0.15, 0.2) is 95.9 Å². The minimum Gasteiger partial charge on any atom is -0.497 e. The van der Waals surface area contributed by atoms with Crippen molar-refractivity contribution in [2.75, 3.05) is 13.7 Å². The standard InChI is InChI=1S/C35H36O4S/c1-24(2)27-11-13-28(14-12-27)33-19-15-30-23-31(38-4)16-20-34(30)35(33)29-9-7-26(8-10-29)21-22-39-40(36,37)32-17-5-25(3)6-18-32/h5-14,16-18,20,23-24H,15,19,21-22H2,1-4H3. The highest BCUT2D eigenvalue weighted by atomic mass is 32.2. The van der Waals surface area contributed by atoms with Gasteiger partial charge in [0.25, 0.3) is 10.1 Å². The Morgan fingerprint density at radius 2 is 1.48 bits per heavy atom. The fourth-order valence-electron chi connectivity index (χ4n) is 5.26. The molecule has 4 aromatic carbocycles. The largest absolute Gasteiger partial charge is 0.497 e. The van der Waals surface area contributed by atoms with E-state index in [4.69, 9.17) is 8.92 Å². The highest BCUT2D eigenvalue weighted by molar-refractivity contribution is 7.86. The predicted octanol–water partition coefficient (Wildman–Crippen LogP) is 7.98. The lowest BCUT2D eigenvalue weighted by Crippen LogP contribution is -2.09. The molecule has 0 atom stereocenters. The van der Waals surface area contributed by atoms with Crippen LogP contribution >= 0.6 is 0 Å². The summed E-state index contributed by atoms with van der Waals surface area (Å²) < 4.78 is 35.9. The van der Waals surface area contributed by atoms with Gasteiger partial charge in [-0.1, -0.05) is 86.1 Å². The van der Waals surface area contributed by atoms with E-state index in [-0.39, 0.29) is 11.5 Å². The van der Waals surface area contributed by atoms with Gasteiger partial charge >= 0.3 is 0 Å². The van der Waals surface area contributed by atoms with E-state index in [1.165, 1.54) is 33.4 Å². The number of rotatable bonds is 9. The molecule has 0 N–H and O–H groups in total. The molecule has 0 saturated carbocycles. The normalized spacial score (nSPS) is 13.4. The van der Waals surface area contributed by atoms with Gasteiger partial charge in [0.2, 0.25) is 0 Å². The molecular formula is C35H36O4S. The van der Waals surface area contributed by atoms with Gasteiger partial charge in [-0.05, 0) is 101 Å². The third-order valence-electron chi connectivity index (χ3n) is 7.64. The molecule has 4 aromatic rings. The average molecular weight is 553 g/mol. The van der Waals surface area contributed by atoms with Gasteiger partial charge in [0.05, 0.1) is 18.6 Å². The number of fused-ring (bicyclic) bond motifs is 1. The zero-order chi connectivity index (χ0) is 28.3. The summed E-state index contributed by atoms with van der Waals surface area (Å²) in [5.74, 6) is 1.37. The summed E-state index contributed by atoms with van der Waals surface area (Å²) in [6.07, 6.45) is 2.41. The van der Waals surface area contributed by atoms with Crippen LogP contribution in [0.2, 0.25) is 0 Å². The average Bonchev–Trinajstić information content (AvgIpc) is 2.97. The third-order valence-corrected chi connectivity index (χ3v) is 8.96. The van der Waals surface area contributed by atoms with Crippen molar-refractivity contribution in [3.05, 3.63) is 130 Å². The zero-order valence-electron chi connectivity index (χ0n) is 23.6. The molecular weight excluding hydrogens is 516 g/mol. The summed E-state index contributed by atoms with van der Waals surface area (Å²) in [7, 11) is -2.07. The quantitative estimate of drug-likeness (QED) is 0.198. The fourth-order valence-corrected chi connectivity index (χ4v) is 6.17. The summed E-state index contributed by atoms with van der Waals surface area (Å²) in [6.45, 7) is 6.45. The maximum absolute atomic E-state index is 12.5. The lowest BCUT2D eigenvalue weighted by Gasteiger charge is -2.25. The van der Waals surface area contributed by atoms with E-state index in [0.29, 0.717) is 12.3 Å². The molecule has 0 amide bonds. The molecule has 0 spiro atoms. The molecule has 206 valence electrons. The molecule has 0 radical (unpaired) electrons. The Morgan fingerprint density at radius 3 is 2.12 bits per heavy atom. The van der Waals surface area contributed by atoms with E-state index in [9.17, 15) is 8.42 Å². The summed E-state index contributed by atoms with van der Waals surface area (Å²) >= 11 is 0. The molecule has 5 rings (SSSR count). The summed E-state index contributed by atoms with van der Waals surface area (Å²) in [6, 6.07) is 30.5. The van der Waals surface area contributed by atoms with E-state index in [0.717, 1.165) is 35.3 Å². The fraction of sp³-hybridized carbons (Fsp3) is 0.257. The predicted molar refractivity (Wildman–Crippen MR) is 162 cm³/mol. The molecule has 0 heterocycles. The van der Waals surface area contributed by atoms with Crippen molar-refractivity contribution < 1.29 is 17.3 Å². The molecule has 0 aromatic heterocycles. The first-order valence-electron chi connectivity index (χ1n) is 13.8. The van der Waals surface area contributed by atoms with Crippen molar-refractivity contribution >= 4 is 21.3 Å². The van der Waals surface area contributed by atoms with Crippen molar-refractivity contribution in [2.24, 2.45) is 0 Å². The molecule has 0 bridgehead atoms. The second-order valence-corrected chi connectivity index (χ2v) is 12.3. The van der Waals surface area contributed by atoms with Crippen LogP contribution < -0.4 is 4.74 Å². The van der Waals surface area contributed by atoms with Crippen molar-refractivity contribution in [3.8, 4) is 5.75 Å². The Labute approximate surface area is 238 Å². The summed E-state index contributed by atoms with van der Waals surface area (Å²) in [4.78, 5) is 0.182. The van der Waals surface area contributed by atoms with Crippen LogP contribution in [0.3, 0.4) is 0 Å². The van der Waals surface area contributed by atoms with Crippen molar-refractivity contribution in [1.82, 2.24) is 0 Å². The van der Waals surface area contributed by atoms with E-state index >= 15 is 0 Å². The summed E-state index contributed by atoms with van der Waals surface area (Å²) in [5, 5.41) is 0. The first kappa shape index (κ1) is 27.9. The zero-order valence-corrected chi connectivity index (χ0v) is 24.4. The van der Waals surface area contributed by atoms with E-state index in [2.05, 4.69) is 74.5 Å². The Balaban J connectivity index is 1.41. The Kier molecular flexibility index (Phi) is 8.24. The van der Waals surface area contributed by atoms with E-state index in [1.807, 2.05) is 13.0 Å². The van der Waals surface area contributed by atoms with Crippen LogP contribution in [0.5, 0.6) is 5.75 Å². The van der Waals surface area contributed by atoms with Gasteiger partial charge in [-0.25, -0.2) is 0 Å². The molecule has 0 aliphatic heterocycles. The van der Waals surface area contributed by atoms with Gasteiger partial charge in [0.1, 0.15) is 5.75 Å². The maximum Gasteiger partial charge on any atom is 0.296 e. The second-order valence-electron chi connectivity index (χ2n) is 10.7. The Morgan fingerprint density at radius 1 is 0.800 bits per heavy atom. The molecule has 0 unspecified atom stereocenters. The number of hydrogen-bond acceptors (Lipinski definition) is 4. The van der Waals surface area contributed by atoms with E-state index < -0.39 is 10.1 Å². The molecule has 1 aliphatic carbocycles. The molecule has 40 heavy (non-hydrogen) atoms. The number of hydrogen-bond donors (Lipinski definition) is 0. The first-order chi connectivity index (χ1) is 19.2. The molecule has 4 nitrogen and oxygen atoms in total. The van der Waals surface area contributed by atoms with Crippen LogP contribution in [-0.2, 0) is 27.1 Å². The van der Waals surface area contributed by atoms with Crippen LogP contribution in [0.1, 0.15) is 65.1 Å². The number of methoxy groups -OCH3 is 1. The van der Waals surface area contributed by atoms with Crippen LogP contribution in [0.4, 0.5) is 0 Å². The number of aryl methyl sites for hydroxylation is 2. The molecule has 0 saturated heterocycles. The van der Waals surface area contributed by atoms with Gasteiger partial charge in [-0.3, -0.25) is 4.18 Å². The van der Waals surface area contributed by atoms with E-state index in [1.54, 1.807) is 31.4 Å². The number of allylic oxidation sites excluding steroid dienone is 1.